The molecule has 1 fully saturated rings. The van der Waals surface area contributed by atoms with Gasteiger partial charge >= 0.3 is 0 Å². The van der Waals surface area contributed by atoms with Crippen molar-refractivity contribution in [2.75, 3.05) is 26.2 Å². The van der Waals surface area contributed by atoms with Gasteiger partial charge in [0.15, 0.2) is 0 Å². The minimum atomic E-state index is 0. The van der Waals surface area contributed by atoms with Crippen molar-refractivity contribution < 1.29 is 9.53 Å². The zero-order valence-corrected chi connectivity index (χ0v) is 15.2. The van der Waals surface area contributed by atoms with Crippen molar-refractivity contribution in [3.8, 4) is 5.75 Å². The number of ether oxygens (including phenoxy) is 1. The summed E-state index contributed by atoms with van der Waals surface area (Å²) in [7, 11) is 0. The Morgan fingerprint density at radius 1 is 1.30 bits per heavy atom. The highest BCUT2D eigenvalue weighted by Crippen LogP contribution is 2.24. The maximum absolute atomic E-state index is 12.0. The summed E-state index contributed by atoms with van der Waals surface area (Å²) in [6, 6.07) is 8.18. The van der Waals surface area contributed by atoms with Crippen LogP contribution in [0.2, 0.25) is 0 Å². The Kier molecular flexibility index (Phi) is 7.86. The first-order chi connectivity index (χ1) is 10.5. The predicted octanol–water partition coefficient (Wildman–Crippen LogP) is 2.90. The number of carbonyl (C=O) groups excluding carboxylic acids is 1. The van der Waals surface area contributed by atoms with E-state index in [1.807, 2.05) is 12.1 Å². The van der Waals surface area contributed by atoms with Crippen LogP contribution in [0.1, 0.15) is 39.2 Å². The van der Waals surface area contributed by atoms with E-state index in [9.17, 15) is 4.79 Å². The van der Waals surface area contributed by atoms with Crippen LogP contribution in [-0.4, -0.2) is 32.1 Å². The molecule has 1 aliphatic heterocycles. The lowest BCUT2D eigenvalue weighted by Gasteiger charge is -2.22. The maximum Gasteiger partial charge on any atom is 0.224 e. The first kappa shape index (κ1) is 19.8. The molecule has 130 valence electrons. The molecule has 5 heteroatoms. The van der Waals surface area contributed by atoms with Crippen LogP contribution in [0.25, 0.3) is 0 Å². The second-order valence-corrected chi connectivity index (χ2v) is 6.96. The van der Waals surface area contributed by atoms with E-state index in [1.165, 1.54) is 5.56 Å². The van der Waals surface area contributed by atoms with Crippen molar-refractivity contribution in [2.45, 2.75) is 39.0 Å². The number of piperidine rings is 1. The van der Waals surface area contributed by atoms with E-state index in [0.29, 0.717) is 13.2 Å². The highest BCUT2D eigenvalue weighted by Gasteiger charge is 2.20. The number of halogens is 1. The molecule has 1 aromatic carbocycles. The summed E-state index contributed by atoms with van der Waals surface area (Å²) >= 11 is 0. The number of hydrogen-bond donors (Lipinski definition) is 2. The van der Waals surface area contributed by atoms with Gasteiger partial charge in [0.2, 0.25) is 5.91 Å². The topological polar surface area (TPSA) is 50.4 Å². The summed E-state index contributed by atoms with van der Waals surface area (Å²) in [6.07, 6.45) is 2.06. The highest BCUT2D eigenvalue weighted by atomic mass is 35.5. The monoisotopic (exact) mass is 340 g/mol. The summed E-state index contributed by atoms with van der Waals surface area (Å²) in [5.41, 5.74) is 1.44. The van der Waals surface area contributed by atoms with Crippen molar-refractivity contribution in [3.05, 3.63) is 29.8 Å². The lowest BCUT2D eigenvalue weighted by atomic mass is 9.87. The van der Waals surface area contributed by atoms with Gasteiger partial charge in [-0.25, -0.2) is 0 Å². The largest absolute Gasteiger partial charge is 0.492 e. The Bertz CT molecular complexity index is 477. The number of hydrogen-bond acceptors (Lipinski definition) is 3. The van der Waals surface area contributed by atoms with Gasteiger partial charge in [0, 0.05) is 6.54 Å². The molecular weight excluding hydrogens is 312 g/mol. The third-order valence-corrected chi connectivity index (χ3v) is 4.06. The van der Waals surface area contributed by atoms with Crippen LogP contribution in [0.3, 0.4) is 0 Å². The Morgan fingerprint density at radius 2 is 2.00 bits per heavy atom. The van der Waals surface area contributed by atoms with E-state index in [4.69, 9.17) is 4.74 Å². The van der Waals surface area contributed by atoms with Crippen LogP contribution in [-0.2, 0) is 10.2 Å². The number of carbonyl (C=O) groups is 1. The number of nitrogens with one attached hydrogen (secondary N) is 2. The van der Waals surface area contributed by atoms with Crippen LogP contribution < -0.4 is 15.4 Å². The minimum absolute atomic E-state index is 0. The van der Waals surface area contributed by atoms with E-state index in [2.05, 4.69) is 43.5 Å². The Labute approximate surface area is 145 Å². The van der Waals surface area contributed by atoms with Gasteiger partial charge in [-0.2, -0.15) is 0 Å². The molecule has 1 atom stereocenters. The molecule has 0 radical (unpaired) electrons. The number of amides is 1. The van der Waals surface area contributed by atoms with Crippen molar-refractivity contribution in [1.82, 2.24) is 10.6 Å². The second kappa shape index (κ2) is 9.14. The van der Waals surface area contributed by atoms with Crippen molar-refractivity contribution in [1.29, 1.82) is 0 Å². The molecule has 4 nitrogen and oxygen atoms in total. The zero-order valence-electron chi connectivity index (χ0n) is 14.4. The third kappa shape index (κ3) is 6.40. The summed E-state index contributed by atoms with van der Waals surface area (Å²) < 4.78 is 5.68. The first-order valence-electron chi connectivity index (χ1n) is 8.18. The molecule has 1 unspecified atom stereocenters. The van der Waals surface area contributed by atoms with Gasteiger partial charge in [-0.1, -0.05) is 32.9 Å². The summed E-state index contributed by atoms with van der Waals surface area (Å²) in [5.74, 6) is 1.10. The van der Waals surface area contributed by atoms with E-state index >= 15 is 0 Å². The molecule has 1 aliphatic rings. The van der Waals surface area contributed by atoms with Crippen molar-refractivity contribution >= 4 is 18.3 Å². The van der Waals surface area contributed by atoms with Gasteiger partial charge in [-0.3, -0.25) is 4.79 Å². The molecule has 0 spiro atoms. The van der Waals surface area contributed by atoms with Crippen molar-refractivity contribution in [3.63, 3.8) is 0 Å². The van der Waals surface area contributed by atoms with Gasteiger partial charge in [0.1, 0.15) is 12.4 Å². The van der Waals surface area contributed by atoms with E-state index in [0.717, 1.165) is 31.7 Å². The summed E-state index contributed by atoms with van der Waals surface area (Å²) in [5, 5.41) is 6.21. The van der Waals surface area contributed by atoms with Crippen molar-refractivity contribution in [2.24, 2.45) is 5.92 Å². The normalized spacial score (nSPS) is 18.0. The molecule has 1 saturated heterocycles. The zero-order chi connectivity index (χ0) is 16.0. The summed E-state index contributed by atoms with van der Waals surface area (Å²) in [6.45, 7) is 9.45. The van der Waals surface area contributed by atoms with E-state index in [-0.39, 0.29) is 29.6 Å². The van der Waals surface area contributed by atoms with Crippen LogP contribution >= 0.6 is 12.4 Å². The maximum atomic E-state index is 12.0. The fourth-order valence-electron chi connectivity index (χ4n) is 2.61. The molecule has 2 N–H and O–H groups in total. The average Bonchev–Trinajstić information content (AvgIpc) is 2.52. The Balaban J connectivity index is 0.00000264. The van der Waals surface area contributed by atoms with Gasteiger partial charge in [-0.05, 0) is 42.5 Å². The average molecular weight is 341 g/mol. The van der Waals surface area contributed by atoms with E-state index < -0.39 is 0 Å². The lowest BCUT2D eigenvalue weighted by Crippen LogP contribution is -2.41. The Hall–Kier alpha value is -1.26. The van der Waals surface area contributed by atoms with Crippen LogP contribution in [0, 0.1) is 5.92 Å². The quantitative estimate of drug-likeness (QED) is 0.810. The van der Waals surface area contributed by atoms with Crippen LogP contribution in [0.15, 0.2) is 24.3 Å². The van der Waals surface area contributed by atoms with E-state index in [1.54, 1.807) is 0 Å². The molecule has 2 rings (SSSR count). The smallest absolute Gasteiger partial charge is 0.224 e. The molecule has 0 bridgehead atoms. The summed E-state index contributed by atoms with van der Waals surface area (Å²) in [4.78, 5) is 12.0. The van der Waals surface area contributed by atoms with Crippen LogP contribution in [0.4, 0.5) is 0 Å². The number of benzene rings is 1. The molecule has 1 amide bonds. The van der Waals surface area contributed by atoms with Gasteiger partial charge in [0.05, 0.1) is 12.5 Å². The molecule has 0 saturated carbocycles. The molecule has 0 aliphatic carbocycles. The molecule has 23 heavy (non-hydrogen) atoms. The fourth-order valence-corrected chi connectivity index (χ4v) is 2.61. The molecule has 0 aromatic heterocycles. The van der Waals surface area contributed by atoms with Gasteiger partial charge in [-0.15, -0.1) is 12.4 Å². The number of rotatable bonds is 5. The molecular formula is C18H29ClN2O2. The lowest BCUT2D eigenvalue weighted by molar-refractivity contribution is -0.125. The fraction of sp³-hybridized carbons (Fsp3) is 0.611. The SMILES string of the molecule is CC(C)(C)c1ccc(OCCNC(=O)C2CCCNC2)cc1.Cl. The minimum Gasteiger partial charge on any atom is -0.492 e. The molecule has 1 aromatic rings. The standard InChI is InChI=1S/C18H28N2O2.ClH/c1-18(2,3)15-6-8-16(9-7-15)22-12-11-20-17(21)14-5-4-10-19-13-14;/h6-9,14,19H,4-5,10-13H2,1-3H3,(H,20,21);1H. The molecule has 1 heterocycles. The van der Waals surface area contributed by atoms with Gasteiger partial charge in [0.25, 0.3) is 0 Å². The van der Waals surface area contributed by atoms with Gasteiger partial charge < -0.3 is 15.4 Å². The third-order valence-electron chi connectivity index (χ3n) is 4.06. The second-order valence-electron chi connectivity index (χ2n) is 6.96. The highest BCUT2D eigenvalue weighted by molar-refractivity contribution is 5.85. The first-order valence-corrected chi connectivity index (χ1v) is 8.18. The Morgan fingerprint density at radius 3 is 2.57 bits per heavy atom. The van der Waals surface area contributed by atoms with Crippen LogP contribution in [0.5, 0.6) is 5.75 Å². The predicted molar refractivity (Wildman–Crippen MR) is 96.5 cm³/mol.